The average molecular weight is 898 g/mol. The maximum Gasteiger partial charge on any atom is 0.197 e. The molecule has 69 heavy (non-hydrogen) atoms. The molecule has 8 aromatic carbocycles. The second kappa shape index (κ2) is 15.6. The first-order chi connectivity index (χ1) is 33.1. The molecule has 0 atom stereocenters. The van der Waals surface area contributed by atoms with Gasteiger partial charge in [0.2, 0.25) is 0 Å². The maximum absolute atomic E-state index is 7.05. The minimum atomic E-state index is -0.0146. The fourth-order valence-electron chi connectivity index (χ4n) is 12.1. The molecule has 1 N–H and O–H groups in total. The number of hydrogen-bond acceptors (Lipinski definition) is 3. The molecule has 0 amide bonds. The van der Waals surface area contributed by atoms with Gasteiger partial charge in [0.05, 0.1) is 0 Å². The number of nitrogens with one attached hydrogen (secondary N) is 1. The molecule has 1 radical (unpaired) electrons. The molecule has 0 bridgehead atoms. The SMILES string of the molecule is Cc1cc(-c2ccccc2)ccc1N1c2cc3c(cc2[B]c2c1cc1oc4ccccc4c1c2-c1cc2c(cc1Nc1ccc(-c4ccccc4)cc1)C(C)(C)CCC2(C)C)C(C)(C)CCC3(C)C. The van der Waals surface area contributed by atoms with Crippen molar-refractivity contribution in [1.29, 1.82) is 0 Å². The molecule has 0 spiro atoms. The first-order valence-corrected chi connectivity index (χ1v) is 25.2. The fraction of sp³-hybridized carbons (Fsp3) is 0.262. The number of furan rings is 1. The summed E-state index contributed by atoms with van der Waals surface area (Å²) in [4.78, 5) is 2.57. The number of anilines is 5. The topological polar surface area (TPSA) is 28.4 Å². The molecule has 0 saturated carbocycles. The van der Waals surface area contributed by atoms with Gasteiger partial charge in [-0.05, 0) is 164 Å². The van der Waals surface area contributed by atoms with Gasteiger partial charge in [0.15, 0.2) is 7.28 Å². The van der Waals surface area contributed by atoms with Crippen LogP contribution in [0.15, 0.2) is 162 Å². The van der Waals surface area contributed by atoms with Gasteiger partial charge in [-0.15, -0.1) is 0 Å². The van der Waals surface area contributed by atoms with Crippen LogP contribution in [0.5, 0.6) is 0 Å². The second-order valence-electron chi connectivity index (χ2n) is 23.0. The summed E-state index contributed by atoms with van der Waals surface area (Å²) in [5.74, 6) is 0. The monoisotopic (exact) mass is 897 g/mol. The Balaban J connectivity index is 1.16. The number of nitrogens with zero attached hydrogens (tertiary/aromatic N) is 1. The summed E-state index contributed by atoms with van der Waals surface area (Å²) >= 11 is 0. The molecular formula is C65H62BN2O. The molecule has 0 saturated heterocycles. The van der Waals surface area contributed by atoms with Crippen LogP contribution in [-0.4, -0.2) is 7.28 Å². The standard InChI is InChI=1S/C65H62BN2O/c1-40-34-44(42-20-14-11-15-21-42)26-29-54(40)68-55-38-51-49(63(4,5)31-33-65(51,8)9)36-52(55)66-61-56(68)39-58-59(46-22-16-17-23-57(46)69-58)60(61)47-35-48-50(64(6,7)32-30-62(48,2)3)37-53(47)67-45-27-24-43(25-28-45)41-18-12-10-13-19-41/h10-29,34-39,67H,30-33H2,1-9H3. The van der Waals surface area contributed by atoms with E-state index in [0.717, 1.165) is 64.7 Å². The molecule has 12 rings (SSSR count). The normalized spacial score (nSPS) is 17.1. The summed E-state index contributed by atoms with van der Waals surface area (Å²) < 4.78 is 7.05. The number of rotatable bonds is 6. The maximum atomic E-state index is 7.05. The largest absolute Gasteiger partial charge is 0.456 e. The van der Waals surface area contributed by atoms with Crippen molar-refractivity contribution in [3.63, 3.8) is 0 Å². The van der Waals surface area contributed by atoms with Crippen LogP contribution in [0.4, 0.5) is 28.4 Å². The van der Waals surface area contributed by atoms with E-state index in [1.807, 2.05) is 0 Å². The van der Waals surface area contributed by atoms with Crippen molar-refractivity contribution >= 4 is 68.6 Å². The molecule has 1 aliphatic heterocycles. The van der Waals surface area contributed by atoms with Crippen LogP contribution in [0.1, 0.15) is 109 Å². The lowest BCUT2D eigenvalue weighted by Crippen LogP contribution is -2.44. The summed E-state index contributed by atoms with van der Waals surface area (Å²) in [5.41, 5.74) is 24.2. The fourth-order valence-corrected chi connectivity index (χ4v) is 12.1. The van der Waals surface area contributed by atoms with E-state index < -0.39 is 0 Å². The van der Waals surface area contributed by atoms with Gasteiger partial charge in [-0.2, -0.15) is 0 Å². The zero-order chi connectivity index (χ0) is 47.6. The van der Waals surface area contributed by atoms with Gasteiger partial charge in [0.25, 0.3) is 0 Å². The Hall–Kier alpha value is -6.78. The van der Waals surface area contributed by atoms with Crippen molar-refractivity contribution in [2.75, 3.05) is 10.2 Å². The highest BCUT2D eigenvalue weighted by molar-refractivity contribution is 6.74. The van der Waals surface area contributed by atoms with Crippen molar-refractivity contribution in [3.8, 4) is 33.4 Å². The third-order valence-corrected chi connectivity index (χ3v) is 16.5. The highest BCUT2D eigenvalue weighted by Gasteiger charge is 2.42. The van der Waals surface area contributed by atoms with Gasteiger partial charge in [-0.1, -0.05) is 164 Å². The van der Waals surface area contributed by atoms with Gasteiger partial charge < -0.3 is 14.6 Å². The quantitative estimate of drug-likeness (QED) is 0.169. The number of hydrogen-bond donors (Lipinski definition) is 1. The van der Waals surface area contributed by atoms with Crippen LogP contribution in [0, 0.1) is 6.92 Å². The van der Waals surface area contributed by atoms with Crippen molar-refractivity contribution in [3.05, 3.63) is 186 Å². The first-order valence-electron chi connectivity index (χ1n) is 25.2. The summed E-state index contributed by atoms with van der Waals surface area (Å²) in [7, 11) is 2.52. The lowest BCUT2D eigenvalue weighted by atomic mass is 9.54. The van der Waals surface area contributed by atoms with E-state index in [4.69, 9.17) is 4.42 Å². The van der Waals surface area contributed by atoms with E-state index in [9.17, 15) is 0 Å². The molecule has 4 heteroatoms. The molecule has 9 aromatic rings. The van der Waals surface area contributed by atoms with Gasteiger partial charge in [0, 0.05) is 50.8 Å². The predicted octanol–water partition coefficient (Wildman–Crippen LogP) is 16.8. The summed E-state index contributed by atoms with van der Waals surface area (Å²) in [6.45, 7) is 21.8. The number of aryl methyl sites for hydroxylation is 1. The smallest absolute Gasteiger partial charge is 0.197 e. The van der Waals surface area contributed by atoms with Crippen molar-refractivity contribution < 1.29 is 4.42 Å². The van der Waals surface area contributed by atoms with E-state index >= 15 is 0 Å². The van der Waals surface area contributed by atoms with E-state index in [1.165, 1.54) is 83.5 Å². The number of fused-ring (bicyclic) bond motifs is 7. The zero-order valence-corrected chi connectivity index (χ0v) is 41.8. The molecule has 1 aromatic heterocycles. The lowest BCUT2D eigenvalue weighted by Gasteiger charge is -2.44. The van der Waals surface area contributed by atoms with Crippen LogP contribution < -0.4 is 21.1 Å². The number of benzene rings is 8. The average Bonchev–Trinajstić information content (AvgIpc) is 3.72. The van der Waals surface area contributed by atoms with Gasteiger partial charge >= 0.3 is 0 Å². The predicted molar refractivity (Wildman–Crippen MR) is 295 cm³/mol. The Bertz CT molecular complexity index is 3500. The Kier molecular flexibility index (Phi) is 9.85. The summed E-state index contributed by atoms with van der Waals surface area (Å²) in [6, 6.07) is 58.6. The van der Waals surface area contributed by atoms with Crippen molar-refractivity contribution in [2.45, 2.75) is 110 Å². The summed E-state index contributed by atoms with van der Waals surface area (Å²) in [5, 5.41) is 6.35. The Morgan fingerprint density at radius 2 is 1.01 bits per heavy atom. The Morgan fingerprint density at radius 1 is 0.478 bits per heavy atom. The Labute approximate surface area is 409 Å². The first kappa shape index (κ1) is 43.5. The van der Waals surface area contributed by atoms with E-state index in [1.54, 1.807) is 0 Å². The highest BCUT2D eigenvalue weighted by atomic mass is 16.3. The van der Waals surface area contributed by atoms with E-state index in [0.29, 0.717) is 0 Å². The van der Waals surface area contributed by atoms with Crippen LogP contribution in [-0.2, 0) is 21.7 Å². The third kappa shape index (κ3) is 7.16. The van der Waals surface area contributed by atoms with Gasteiger partial charge in [-0.25, -0.2) is 0 Å². The molecular weight excluding hydrogens is 836 g/mol. The molecule has 2 aliphatic carbocycles. The highest BCUT2D eigenvalue weighted by Crippen LogP contribution is 2.53. The second-order valence-corrected chi connectivity index (χ2v) is 23.0. The summed E-state index contributed by atoms with van der Waals surface area (Å²) in [6.07, 6.45) is 4.56. The third-order valence-electron chi connectivity index (χ3n) is 16.5. The lowest BCUT2D eigenvalue weighted by molar-refractivity contribution is 0.332. The molecule has 2 heterocycles. The Morgan fingerprint density at radius 3 is 1.65 bits per heavy atom. The molecule has 3 aliphatic rings. The van der Waals surface area contributed by atoms with Crippen LogP contribution >= 0.6 is 0 Å². The minimum absolute atomic E-state index is 0.00965. The van der Waals surface area contributed by atoms with Crippen molar-refractivity contribution in [2.24, 2.45) is 0 Å². The van der Waals surface area contributed by atoms with E-state index in [2.05, 4.69) is 238 Å². The van der Waals surface area contributed by atoms with Crippen LogP contribution in [0.2, 0.25) is 0 Å². The molecule has 3 nitrogen and oxygen atoms in total. The van der Waals surface area contributed by atoms with Crippen molar-refractivity contribution in [1.82, 2.24) is 0 Å². The molecule has 0 fully saturated rings. The van der Waals surface area contributed by atoms with Gasteiger partial charge in [0.1, 0.15) is 11.2 Å². The molecule has 341 valence electrons. The molecule has 0 unspecified atom stereocenters. The minimum Gasteiger partial charge on any atom is -0.456 e. The number of para-hydroxylation sites is 1. The van der Waals surface area contributed by atoms with E-state index in [-0.39, 0.29) is 21.7 Å². The van der Waals surface area contributed by atoms with Crippen LogP contribution in [0.25, 0.3) is 55.3 Å². The van der Waals surface area contributed by atoms with Crippen LogP contribution in [0.3, 0.4) is 0 Å². The van der Waals surface area contributed by atoms with Gasteiger partial charge in [-0.3, -0.25) is 0 Å². The zero-order valence-electron chi connectivity index (χ0n) is 41.8.